The van der Waals surface area contributed by atoms with Gasteiger partial charge in [-0.15, -0.1) is 0 Å². The van der Waals surface area contributed by atoms with Crippen LogP contribution in [0.25, 0.3) is 0 Å². The Hall–Kier alpha value is -1.35. The van der Waals surface area contributed by atoms with Gasteiger partial charge in [-0.3, -0.25) is 4.79 Å². The van der Waals surface area contributed by atoms with Crippen LogP contribution in [0.5, 0.6) is 0 Å². The number of benzene rings is 1. The topological polar surface area (TPSA) is 55.1 Å². The Labute approximate surface area is 102 Å². The molecule has 1 aliphatic heterocycles. The summed E-state index contributed by atoms with van der Waals surface area (Å²) in [6.45, 7) is 2.90. The van der Waals surface area contributed by atoms with E-state index in [2.05, 4.69) is 24.4 Å². The Morgan fingerprint density at radius 3 is 3.06 bits per heavy atom. The lowest BCUT2D eigenvalue weighted by atomic mass is 9.94. The fraction of sp³-hybridized carbons (Fsp3) is 0.500. The van der Waals surface area contributed by atoms with Gasteiger partial charge < -0.3 is 11.1 Å². The number of carbonyl (C=O) groups is 1. The van der Waals surface area contributed by atoms with Gasteiger partial charge in [-0.1, -0.05) is 31.9 Å². The summed E-state index contributed by atoms with van der Waals surface area (Å²) in [5.41, 5.74) is 9.15. The van der Waals surface area contributed by atoms with E-state index in [-0.39, 0.29) is 11.9 Å². The molecule has 1 amide bonds. The SMILES string of the molecule is CCCCC(N)c1ccc2c(c1)C(=O)NCC2. The van der Waals surface area contributed by atoms with Crippen molar-refractivity contribution in [2.75, 3.05) is 6.54 Å². The third kappa shape index (κ3) is 2.67. The van der Waals surface area contributed by atoms with Crippen LogP contribution in [0.3, 0.4) is 0 Å². The Morgan fingerprint density at radius 2 is 2.29 bits per heavy atom. The zero-order valence-corrected chi connectivity index (χ0v) is 10.3. The van der Waals surface area contributed by atoms with Crippen LogP contribution in [0.4, 0.5) is 0 Å². The van der Waals surface area contributed by atoms with E-state index in [4.69, 9.17) is 5.73 Å². The van der Waals surface area contributed by atoms with Crippen LogP contribution in [0, 0.1) is 0 Å². The van der Waals surface area contributed by atoms with Crippen molar-refractivity contribution in [1.82, 2.24) is 5.32 Å². The zero-order chi connectivity index (χ0) is 12.3. The van der Waals surface area contributed by atoms with Crippen molar-refractivity contribution >= 4 is 5.91 Å². The second-order valence-electron chi connectivity index (χ2n) is 4.67. The molecule has 3 N–H and O–H groups in total. The Balaban J connectivity index is 2.20. The van der Waals surface area contributed by atoms with Crippen molar-refractivity contribution in [3.05, 3.63) is 34.9 Å². The lowest BCUT2D eigenvalue weighted by molar-refractivity contribution is 0.0946. The van der Waals surface area contributed by atoms with Crippen molar-refractivity contribution in [3.63, 3.8) is 0 Å². The van der Waals surface area contributed by atoms with Crippen LogP contribution < -0.4 is 11.1 Å². The van der Waals surface area contributed by atoms with E-state index in [0.29, 0.717) is 0 Å². The molecule has 1 heterocycles. The van der Waals surface area contributed by atoms with Crippen LogP contribution >= 0.6 is 0 Å². The number of carbonyl (C=O) groups excluding carboxylic acids is 1. The van der Waals surface area contributed by atoms with E-state index < -0.39 is 0 Å². The van der Waals surface area contributed by atoms with Gasteiger partial charge in [-0.25, -0.2) is 0 Å². The summed E-state index contributed by atoms with van der Waals surface area (Å²) in [4.78, 5) is 11.7. The number of amides is 1. The highest BCUT2D eigenvalue weighted by Gasteiger charge is 2.17. The summed E-state index contributed by atoms with van der Waals surface area (Å²) < 4.78 is 0. The van der Waals surface area contributed by atoms with Crippen LogP contribution in [0.15, 0.2) is 18.2 Å². The predicted octanol–water partition coefficient (Wildman–Crippen LogP) is 2.16. The maximum Gasteiger partial charge on any atom is 0.251 e. The molecule has 1 aromatic carbocycles. The summed E-state index contributed by atoms with van der Waals surface area (Å²) in [7, 11) is 0. The molecule has 1 aliphatic rings. The number of nitrogens with two attached hydrogens (primary N) is 1. The van der Waals surface area contributed by atoms with Gasteiger partial charge in [0.15, 0.2) is 0 Å². The van der Waals surface area contributed by atoms with Crippen molar-refractivity contribution in [3.8, 4) is 0 Å². The highest BCUT2D eigenvalue weighted by atomic mass is 16.1. The van der Waals surface area contributed by atoms with Crippen LogP contribution in [0.2, 0.25) is 0 Å². The van der Waals surface area contributed by atoms with Gasteiger partial charge in [-0.05, 0) is 30.0 Å². The fourth-order valence-corrected chi connectivity index (χ4v) is 2.25. The number of fused-ring (bicyclic) bond motifs is 1. The first kappa shape index (κ1) is 12.1. The highest BCUT2D eigenvalue weighted by molar-refractivity contribution is 5.96. The quantitative estimate of drug-likeness (QED) is 0.835. The highest BCUT2D eigenvalue weighted by Crippen LogP contribution is 2.22. The van der Waals surface area contributed by atoms with E-state index in [1.54, 1.807) is 0 Å². The minimum atomic E-state index is 0.0378. The first-order valence-electron chi connectivity index (χ1n) is 6.39. The van der Waals surface area contributed by atoms with Gasteiger partial charge in [0.2, 0.25) is 0 Å². The van der Waals surface area contributed by atoms with Crippen LogP contribution in [-0.2, 0) is 6.42 Å². The van der Waals surface area contributed by atoms with E-state index in [0.717, 1.165) is 48.9 Å². The van der Waals surface area contributed by atoms with E-state index >= 15 is 0 Å². The molecular formula is C14H20N2O. The lowest BCUT2D eigenvalue weighted by Gasteiger charge is -2.19. The normalized spacial score (nSPS) is 16.2. The zero-order valence-electron chi connectivity index (χ0n) is 10.3. The number of rotatable bonds is 4. The van der Waals surface area contributed by atoms with Gasteiger partial charge in [0.05, 0.1) is 0 Å². The molecule has 92 valence electrons. The molecule has 0 aliphatic carbocycles. The summed E-state index contributed by atoms with van der Waals surface area (Å²) in [6, 6.07) is 6.13. The summed E-state index contributed by atoms with van der Waals surface area (Å²) in [5, 5.41) is 2.87. The van der Waals surface area contributed by atoms with Gasteiger partial charge in [0, 0.05) is 18.2 Å². The first-order valence-corrected chi connectivity index (χ1v) is 6.39. The fourth-order valence-electron chi connectivity index (χ4n) is 2.25. The second kappa shape index (κ2) is 5.32. The molecule has 1 unspecified atom stereocenters. The number of hydrogen-bond acceptors (Lipinski definition) is 2. The van der Waals surface area contributed by atoms with Gasteiger partial charge in [-0.2, -0.15) is 0 Å². The standard InChI is InChI=1S/C14H20N2O/c1-2-3-4-13(15)11-6-5-10-7-8-16-14(17)12(10)9-11/h5-6,9,13H,2-4,7-8,15H2,1H3,(H,16,17). The van der Waals surface area contributed by atoms with Crippen LogP contribution in [-0.4, -0.2) is 12.5 Å². The Morgan fingerprint density at radius 1 is 1.47 bits per heavy atom. The van der Waals surface area contributed by atoms with E-state index in [1.165, 1.54) is 0 Å². The number of unbranched alkanes of at least 4 members (excludes halogenated alkanes) is 1. The molecule has 1 atom stereocenters. The molecule has 0 saturated carbocycles. The summed E-state index contributed by atoms with van der Waals surface area (Å²) >= 11 is 0. The van der Waals surface area contributed by atoms with Gasteiger partial charge in [0.1, 0.15) is 0 Å². The molecule has 0 radical (unpaired) electrons. The summed E-state index contributed by atoms with van der Waals surface area (Å²) in [6.07, 6.45) is 4.19. The maximum atomic E-state index is 11.7. The minimum Gasteiger partial charge on any atom is -0.352 e. The summed E-state index contributed by atoms with van der Waals surface area (Å²) in [5.74, 6) is 0.0378. The lowest BCUT2D eigenvalue weighted by Crippen LogP contribution is -2.32. The van der Waals surface area contributed by atoms with Crippen molar-refractivity contribution in [2.24, 2.45) is 5.73 Å². The van der Waals surface area contributed by atoms with E-state index in [1.807, 2.05) is 6.07 Å². The predicted molar refractivity (Wildman–Crippen MR) is 68.9 cm³/mol. The largest absolute Gasteiger partial charge is 0.352 e. The smallest absolute Gasteiger partial charge is 0.251 e. The third-order valence-electron chi connectivity index (χ3n) is 3.36. The minimum absolute atomic E-state index is 0.0378. The monoisotopic (exact) mass is 232 g/mol. The molecule has 0 bridgehead atoms. The van der Waals surface area contributed by atoms with Crippen LogP contribution in [0.1, 0.15) is 53.7 Å². The first-order chi connectivity index (χ1) is 8.22. The molecule has 0 fully saturated rings. The third-order valence-corrected chi connectivity index (χ3v) is 3.36. The van der Waals surface area contributed by atoms with Crippen molar-refractivity contribution in [2.45, 2.75) is 38.6 Å². The molecule has 3 heteroatoms. The van der Waals surface area contributed by atoms with Gasteiger partial charge >= 0.3 is 0 Å². The molecule has 0 aromatic heterocycles. The average molecular weight is 232 g/mol. The van der Waals surface area contributed by atoms with Crippen molar-refractivity contribution < 1.29 is 4.79 Å². The van der Waals surface area contributed by atoms with Crippen molar-refractivity contribution in [1.29, 1.82) is 0 Å². The molecule has 1 aromatic rings. The molecular weight excluding hydrogens is 212 g/mol. The molecule has 0 spiro atoms. The molecule has 2 rings (SSSR count). The molecule has 17 heavy (non-hydrogen) atoms. The molecule has 0 saturated heterocycles. The Bertz CT molecular complexity index is 415. The molecule has 3 nitrogen and oxygen atoms in total. The van der Waals surface area contributed by atoms with Gasteiger partial charge in [0.25, 0.3) is 5.91 Å². The maximum absolute atomic E-state index is 11.7. The number of nitrogens with one attached hydrogen (secondary N) is 1. The van der Waals surface area contributed by atoms with E-state index in [9.17, 15) is 4.79 Å². The number of hydrogen-bond donors (Lipinski definition) is 2. The average Bonchev–Trinajstić information content (AvgIpc) is 2.36. The Kier molecular flexibility index (Phi) is 3.79. The second-order valence-corrected chi connectivity index (χ2v) is 4.67.